The average molecular weight is 560 g/mol. The van der Waals surface area contributed by atoms with Crippen LogP contribution in [0.3, 0.4) is 0 Å². The van der Waals surface area contributed by atoms with Gasteiger partial charge in [0.1, 0.15) is 0 Å². The van der Waals surface area contributed by atoms with Gasteiger partial charge in [-0.15, -0.1) is 0 Å². The molecule has 0 spiro atoms. The Morgan fingerprint density at radius 1 is 1.05 bits per heavy atom. The van der Waals surface area contributed by atoms with Gasteiger partial charge in [-0.25, -0.2) is 0 Å². The van der Waals surface area contributed by atoms with Crippen LogP contribution in [0.2, 0.25) is 0 Å². The summed E-state index contributed by atoms with van der Waals surface area (Å²) in [6, 6.07) is 5.96. The zero-order valence-electron chi connectivity index (χ0n) is 25.7. The Labute approximate surface area is 247 Å². The molecule has 4 saturated carbocycles. The lowest BCUT2D eigenvalue weighted by Crippen LogP contribution is -2.60. The SMILES string of the molecule is COc1ccc(CC/C=C(\C)[C@H](O)[C@H](C)/C=C/C#CCC/C=C(\C)C(=O)NC23CC4CC(CC(C4)C2)C3)cc1OC. The van der Waals surface area contributed by atoms with Crippen molar-refractivity contribution in [1.29, 1.82) is 0 Å². The third-order valence-corrected chi connectivity index (χ3v) is 9.39. The molecule has 4 fully saturated rings. The lowest BCUT2D eigenvalue weighted by molar-refractivity contribution is -0.123. The molecule has 5 rings (SSSR count). The summed E-state index contributed by atoms with van der Waals surface area (Å²) in [5.74, 6) is 10.3. The van der Waals surface area contributed by atoms with Crippen LogP contribution in [0.25, 0.3) is 0 Å². The monoisotopic (exact) mass is 559 g/mol. The van der Waals surface area contributed by atoms with Crippen molar-refractivity contribution < 1.29 is 19.4 Å². The van der Waals surface area contributed by atoms with Crippen LogP contribution in [0.15, 0.2) is 53.6 Å². The predicted molar refractivity (Wildman–Crippen MR) is 166 cm³/mol. The van der Waals surface area contributed by atoms with Gasteiger partial charge in [0, 0.05) is 23.5 Å². The molecule has 1 aromatic rings. The Morgan fingerprint density at radius 2 is 1.71 bits per heavy atom. The van der Waals surface area contributed by atoms with Gasteiger partial charge in [0.15, 0.2) is 11.5 Å². The first kappa shape index (κ1) is 31.0. The number of aryl methyl sites for hydroxylation is 1. The molecule has 0 heterocycles. The van der Waals surface area contributed by atoms with Crippen molar-refractivity contribution >= 4 is 5.91 Å². The summed E-state index contributed by atoms with van der Waals surface area (Å²) in [4.78, 5) is 12.9. The molecule has 0 saturated heterocycles. The highest BCUT2D eigenvalue weighted by Gasteiger charge is 2.51. The van der Waals surface area contributed by atoms with Crippen LogP contribution >= 0.6 is 0 Å². The van der Waals surface area contributed by atoms with E-state index in [0.29, 0.717) is 6.42 Å². The maximum Gasteiger partial charge on any atom is 0.247 e. The summed E-state index contributed by atoms with van der Waals surface area (Å²) in [5, 5.41) is 14.2. The summed E-state index contributed by atoms with van der Waals surface area (Å²) in [7, 11) is 3.28. The molecular formula is C36H49NO4. The minimum Gasteiger partial charge on any atom is -0.493 e. The zero-order chi connectivity index (χ0) is 29.4. The van der Waals surface area contributed by atoms with Gasteiger partial charge in [-0.3, -0.25) is 4.79 Å². The van der Waals surface area contributed by atoms with Crippen molar-refractivity contribution in [3.05, 3.63) is 59.2 Å². The molecule has 41 heavy (non-hydrogen) atoms. The number of allylic oxidation sites excluding steroid dienone is 3. The van der Waals surface area contributed by atoms with Crippen molar-refractivity contribution in [1.82, 2.24) is 5.32 Å². The van der Waals surface area contributed by atoms with Gasteiger partial charge >= 0.3 is 0 Å². The number of rotatable bonds is 12. The zero-order valence-corrected chi connectivity index (χ0v) is 25.7. The van der Waals surface area contributed by atoms with Crippen molar-refractivity contribution in [2.24, 2.45) is 23.7 Å². The standard InChI is InChI=1S/C36H49NO4/c1-25(34(38)26(2)14-11-15-28-16-17-32(40-4)33(21-28)41-5)12-9-7-6-8-10-13-27(3)35(39)37-36-22-29-18-30(23-36)20-31(19-29)24-36/h9,12-14,16-17,21,25,29-31,34,38H,8,10-11,15,18-20,22-24H2,1-5H3,(H,37,39)/b12-9+,26-14+,27-13+/t25-,29?,30?,31?,34-,36?/m1/s1. The summed E-state index contributed by atoms with van der Waals surface area (Å²) >= 11 is 0. The van der Waals surface area contributed by atoms with Crippen LogP contribution < -0.4 is 14.8 Å². The Balaban J connectivity index is 1.16. The van der Waals surface area contributed by atoms with Crippen LogP contribution in [0, 0.1) is 35.5 Å². The molecular weight excluding hydrogens is 510 g/mol. The van der Waals surface area contributed by atoms with E-state index in [-0.39, 0.29) is 17.4 Å². The van der Waals surface area contributed by atoms with Gasteiger partial charge < -0.3 is 19.9 Å². The van der Waals surface area contributed by atoms with Crippen LogP contribution in [0.4, 0.5) is 0 Å². The van der Waals surface area contributed by atoms with Gasteiger partial charge in [-0.1, -0.05) is 43.1 Å². The Kier molecular flexibility index (Phi) is 10.8. The number of carbonyl (C=O) groups is 1. The Bertz CT molecular complexity index is 1180. The summed E-state index contributed by atoms with van der Waals surface area (Å²) in [6.07, 6.45) is 18.2. The smallest absolute Gasteiger partial charge is 0.247 e. The fraction of sp³-hybridized carbons (Fsp3) is 0.583. The van der Waals surface area contributed by atoms with Gasteiger partial charge in [-0.05, 0) is 119 Å². The highest BCUT2D eigenvalue weighted by molar-refractivity contribution is 5.93. The van der Waals surface area contributed by atoms with E-state index in [2.05, 4.69) is 23.2 Å². The Morgan fingerprint density at radius 3 is 2.34 bits per heavy atom. The summed E-state index contributed by atoms with van der Waals surface area (Å²) in [5.41, 5.74) is 2.99. The van der Waals surface area contributed by atoms with E-state index in [9.17, 15) is 9.90 Å². The number of aliphatic hydroxyl groups excluding tert-OH is 1. The number of hydrogen-bond donors (Lipinski definition) is 2. The maximum atomic E-state index is 12.9. The molecule has 5 heteroatoms. The number of unbranched alkanes of at least 4 members (excludes halogenated alkanes) is 1. The first-order valence-corrected chi connectivity index (χ1v) is 15.4. The lowest BCUT2D eigenvalue weighted by atomic mass is 9.53. The molecule has 0 unspecified atom stereocenters. The molecule has 222 valence electrons. The van der Waals surface area contributed by atoms with Gasteiger partial charge in [0.2, 0.25) is 5.91 Å². The van der Waals surface area contributed by atoms with E-state index in [4.69, 9.17) is 9.47 Å². The quantitative estimate of drug-likeness (QED) is 0.126. The van der Waals surface area contributed by atoms with Crippen molar-refractivity contribution in [2.75, 3.05) is 14.2 Å². The first-order chi connectivity index (χ1) is 19.7. The molecule has 2 N–H and O–H groups in total. The van der Waals surface area contributed by atoms with E-state index in [1.54, 1.807) is 14.2 Å². The normalized spacial score (nSPS) is 26.8. The molecule has 4 bridgehead atoms. The molecule has 0 aromatic heterocycles. The topological polar surface area (TPSA) is 67.8 Å². The maximum absolute atomic E-state index is 12.9. The van der Waals surface area contributed by atoms with E-state index in [1.807, 2.05) is 57.2 Å². The molecule has 5 nitrogen and oxygen atoms in total. The van der Waals surface area contributed by atoms with Crippen LogP contribution in [0.1, 0.15) is 84.1 Å². The second-order valence-corrected chi connectivity index (χ2v) is 12.7. The number of aliphatic hydroxyl groups is 1. The highest BCUT2D eigenvalue weighted by atomic mass is 16.5. The van der Waals surface area contributed by atoms with Crippen LogP contribution in [-0.2, 0) is 11.2 Å². The number of ether oxygens (including phenoxy) is 2. The lowest BCUT2D eigenvalue weighted by Gasteiger charge is -2.56. The minimum atomic E-state index is -0.545. The van der Waals surface area contributed by atoms with Crippen LogP contribution in [0.5, 0.6) is 11.5 Å². The third-order valence-electron chi connectivity index (χ3n) is 9.39. The van der Waals surface area contributed by atoms with E-state index < -0.39 is 6.10 Å². The molecule has 1 aromatic carbocycles. The summed E-state index contributed by atoms with van der Waals surface area (Å²) in [6.45, 7) is 5.91. The third kappa shape index (κ3) is 8.29. The largest absolute Gasteiger partial charge is 0.493 e. The second kappa shape index (κ2) is 14.3. The molecule has 0 radical (unpaired) electrons. The summed E-state index contributed by atoms with van der Waals surface area (Å²) < 4.78 is 10.7. The number of benzene rings is 1. The molecule has 2 atom stereocenters. The van der Waals surface area contributed by atoms with Gasteiger partial charge in [0.05, 0.1) is 20.3 Å². The first-order valence-electron chi connectivity index (χ1n) is 15.4. The van der Waals surface area contributed by atoms with Crippen LogP contribution in [-0.4, -0.2) is 36.9 Å². The number of carbonyl (C=O) groups excluding carboxylic acids is 1. The second-order valence-electron chi connectivity index (χ2n) is 12.7. The van der Waals surface area contributed by atoms with Crippen molar-refractivity contribution in [3.63, 3.8) is 0 Å². The van der Waals surface area contributed by atoms with Crippen molar-refractivity contribution in [2.45, 2.75) is 96.6 Å². The fourth-order valence-electron chi connectivity index (χ4n) is 7.53. The highest BCUT2D eigenvalue weighted by Crippen LogP contribution is 2.55. The minimum absolute atomic E-state index is 0.0305. The van der Waals surface area contributed by atoms with Gasteiger partial charge in [-0.2, -0.15) is 0 Å². The average Bonchev–Trinajstić information content (AvgIpc) is 2.94. The van der Waals surface area contributed by atoms with E-state index >= 15 is 0 Å². The molecule has 1 amide bonds. The Hall–Kier alpha value is -2.97. The molecule has 4 aliphatic carbocycles. The number of hydrogen-bond acceptors (Lipinski definition) is 4. The number of amides is 1. The fourth-order valence-corrected chi connectivity index (χ4v) is 7.53. The molecule has 4 aliphatic rings. The predicted octanol–water partition coefficient (Wildman–Crippen LogP) is 6.95. The molecule has 0 aliphatic heterocycles. The van der Waals surface area contributed by atoms with E-state index in [1.165, 1.54) is 38.5 Å². The number of nitrogens with one attached hydrogen (secondary N) is 1. The van der Waals surface area contributed by atoms with Gasteiger partial charge in [0.25, 0.3) is 0 Å². The number of methoxy groups -OCH3 is 2. The van der Waals surface area contributed by atoms with E-state index in [0.717, 1.165) is 65.2 Å². The van der Waals surface area contributed by atoms with Crippen molar-refractivity contribution in [3.8, 4) is 23.3 Å².